The van der Waals surface area contributed by atoms with Gasteiger partial charge in [-0.1, -0.05) is 6.92 Å². The van der Waals surface area contributed by atoms with Crippen molar-refractivity contribution in [3.63, 3.8) is 0 Å². The molecule has 0 spiro atoms. The smallest absolute Gasteiger partial charge is 0.394 e. The Morgan fingerprint density at radius 3 is 2.81 bits per heavy atom. The van der Waals surface area contributed by atoms with Crippen LogP contribution >= 0.6 is 0 Å². The van der Waals surface area contributed by atoms with Crippen molar-refractivity contribution in [2.45, 2.75) is 38.4 Å². The van der Waals surface area contributed by atoms with Gasteiger partial charge in [0.15, 0.2) is 0 Å². The molecule has 0 saturated carbocycles. The van der Waals surface area contributed by atoms with Crippen molar-refractivity contribution in [3.8, 4) is 0 Å². The number of aliphatic hydroxyl groups excluding tert-OH is 1. The van der Waals surface area contributed by atoms with Crippen LogP contribution in [0.3, 0.4) is 0 Å². The van der Waals surface area contributed by atoms with Crippen LogP contribution in [0, 0.1) is 0 Å². The molecule has 2 N–H and O–H groups in total. The number of nitrogens with one attached hydrogen (secondary N) is 1. The third-order valence-corrected chi connectivity index (χ3v) is 3.58. The molecule has 1 aliphatic heterocycles. The summed E-state index contributed by atoms with van der Waals surface area (Å²) in [5.74, 6) is 0.505. The lowest BCUT2D eigenvalue weighted by atomic mass is 10.2. The van der Waals surface area contributed by atoms with Gasteiger partial charge in [0.05, 0.1) is 18.2 Å². The first-order valence-electron chi connectivity index (χ1n) is 7.16. The summed E-state index contributed by atoms with van der Waals surface area (Å²) in [7, 11) is 0. The van der Waals surface area contributed by atoms with Crippen LogP contribution in [-0.2, 0) is 6.18 Å². The fraction of sp³-hybridized carbons (Fsp3) is 0.643. The average Bonchev–Trinajstić information content (AvgIpc) is 2.92. The van der Waals surface area contributed by atoms with E-state index in [1.807, 2.05) is 6.92 Å². The Kier molecular flexibility index (Phi) is 4.92. The first-order chi connectivity index (χ1) is 9.95. The Morgan fingerprint density at radius 2 is 2.19 bits per heavy atom. The predicted molar refractivity (Wildman–Crippen MR) is 75.5 cm³/mol. The van der Waals surface area contributed by atoms with Crippen molar-refractivity contribution in [1.29, 1.82) is 0 Å². The Bertz CT molecular complexity index is 479. The number of hydrogen-bond acceptors (Lipinski definition) is 4. The monoisotopic (exact) mass is 303 g/mol. The summed E-state index contributed by atoms with van der Waals surface area (Å²) in [6.07, 6.45) is -1.99. The molecule has 0 aliphatic carbocycles. The van der Waals surface area contributed by atoms with Crippen LogP contribution in [0.5, 0.6) is 0 Å². The second kappa shape index (κ2) is 6.51. The van der Waals surface area contributed by atoms with Crippen LogP contribution in [-0.4, -0.2) is 35.8 Å². The summed E-state index contributed by atoms with van der Waals surface area (Å²) in [5.41, 5.74) is -0.713. The number of anilines is 2. The maximum atomic E-state index is 13.0. The summed E-state index contributed by atoms with van der Waals surface area (Å²) in [6.45, 7) is 3.05. The van der Waals surface area contributed by atoms with Crippen LogP contribution < -0.4 is 10.2 Å². The molecule has 1 aromatic heterocycles. The molecule has 1 unspecified atom stereocenters. The van der Waals surface area contributed by atoms with Gasteiger partial charge in [0.1, 0.15) is 11.6 Å². The van der Waals surface area contributed by atoms with Crippen LogP contribution in [0.4, 0.5) is 24.8 Å². The van der Waals surface area contributed by atoms with Crippen LogP contribution in [0.2, 0.25) is 0 Å². The number of halogens is 3. The van der Waals surface area contributed by atoms with E-state index in [1.54, 1.807) is 4.90 Å². The highest BCUT2D eigenvalue weighted by Gasteiger charge is 2.33. The van der Waals surface area contributed by atoms with E-state index in [4.69, 9.17) is 0 Å². The van der Waals surface area contributed by atoms with Gasteiger partial charge in [-0.05, 0) is 31.4 Å². The molecular formula is C14H20F3N3O. The molecule has 1 fully saturated rings. The number of rotatable bonds is 5. The van der Waals surface area contributed by atoms with E-state index in [-0.39, 0.29) is 24.3 Å². The van der Waals surface area contributed by atoms with Gasteiger partial charge in [-0.3, -0.25) is 0 Å². The molecule has 0 amide bonds. The van der Waals surface area contributed by atoms with Crippen molar-refractivity contribution >= 4 is 11.6 Å². The zero-order valence-corrected chi connectivity index (χ0v) is 12.0. The van der Waals surface area contributed by atoms with Gasteiger partial charge in [-0.2, -0.15) is 13.2 Å². The molecule has 0 aromatic carbocycles. The molecule has 1 saturated heterocycles. The highest BCUT2D eigenvalue weighted by molar-refractivity contribution is 5.52. The van der Waals surface area contributed by atoms with Gasteiger partial charge in [0.25, 0.3) is 0 Å². The van der Waals surface area contributed by atoms with Crippen molar-refractivity contribution < 1.29 is 18.3 Å². The SMILES string of the molecule is CCCNc1cc(C(F)(F)F)cc(N2CCCC2CO)n1. The highest BCUT2D eigenvalue weighted by Crippen LogP contribution is 2.34. The van der Waals surface area contributed by atoms with Gasteiger partial charge in [0.2, 0.25) is 0 Å². The number of alkyl halides is 3. The number of pyridine rings is 1. The van der Waals surface area contributed by atoms with Crippen molar-refractivity contribution in [2.24, 2.45) is 0 Å². The van der Waals surface area contributed by atoms with Gasteiger partial charge in [-0.15, -0.1) is 0 Å². The Balaban J connectivity index is 2.35. The molecule has 4 nitrogen and oxygen atoms in total. The fourth-order valence-electron chi connectivity index (χ4n) is 2.50. The second-order valence-corrected chi connectivity index (χ2v) is 5.20. The van der Waals surface area contributed by atoms with Gasteiger partial charge in [-0.25, -0.2) is 4.98 Å². The number of aromatic nitrogens is 1. The normalized spacial score (nSPS) is 19.1. The number of hydrogen-bond donors (Lipinski definition) is 2. The van der Waals surface area contributed by atoms with E-state index in [0.29, 0.717) is 13.1 Å². The van der Waals surface area contributed by atoms with E-state index in [1.165, 1.54) is 0 Å². The van der Waals surface area contributed by atoms with Crippen LogP contribution in [0.15, 0.2) is 12.1 Å². The third-order valence-electron chi connectivity index (χ3n) is 3.58. The molecule has 1 aromatic rings. The lowest BCUT2D eigenvalue weighted by Gasteiger charge is -2.25. The van der Waals surface area contributed by atoms with Gasteiger partial charge >= 0.3 is 6.18 Å². The molecule has 0 bridgehead atoms. The van der Waals surface area contributed by atoms with E-state index < -0.39 is 11.7 Å². The lowest BCUT2D eigenvalue weighted by Crippen LogP contribution is -2.33. The van der Waals surface area contributed by atoms with E-state index in [0.717, 1.165) is 31.4 Å². The quantitative estimate of drug-likeness (QED) is 0.878. The first kappa shape index (κ1) is 15.9. The third kappa shape index (κ3) is 3.78. The van der Waals surface area contributed by atoms with Crippen molar-refractivity contribution in [2.75, 3.05) is 29.9 Å². The molecule has 2 heterocycles. The van der Waals surface area contributed by atoms with Gasteiger partial charge in [0, 0.05) is 13.1 Å². The maximum absolute atomic E-state index is 13.0. The molecule has 2 rings (SSSR count). The minimum Gasteiger partial charge on any atom is -0.394 e. The van der Waals surface area contributed by atoms with Crippen molar-refractivity contribution in [1.82, 2.24) is 4.98 Å². The molecular weight excluding hydrogens is 283 g/mol. The summed E-state index contributed by atoms with van der Waals surface area (Å²) < 4.78 is 39.0. The molecule has 21 heavy (non-hydrogen) atoms. The lowest BCUT2D eigenvalue weighted by molar-refractivity contribution is -0.137. The summed E-state index contributed by atoms with van der Waals surface area (Å²) in [4.78, 5) is 6.02. The van der Waals surface area contributed by atoms with Crippen LogP contribution in [0.1, 0.15) is 31.7 Å². The van der Waals surface area contributed by atoms with E-state index >= 15 is 0 Å². The fourth-order valence-corrected chi connectivity index (χ4v) is 2.50. The molecule has 1 atom stereocenters. The maximum Gasteiger partial charge on any atom is 0.416 e. The minimum atomic E-state index is -4.41. The topological polar surface area (TPSA) is 48.4 Å². The zero-order chi connectivity index (χ0) is 15.5. The Hall–Kier alpha value is -1.50. The highest BCUT2D eigenvalue weighted by atomic mass is 19.4. The second-order valence-electron chi connectivity index (χ2n) is 5.20. The number of nitrogens with zero attached hydrogens (tertiary/aromatic N) is 2. The summed E-state index contributed by atoms with van der Waals surface area (Å²) in [6, 6.07) is 1.94. The predicted octanol–water partition coefficient (Wildman–Crippen LogP) is 2.88. The van der Waals surface area contributed by atoms with Crippen LogP contribution in [0.25, 0.3) is 0 Å². The molecule has 118 valence electrons. The largest absolute Gasteiger partial charge is 0.416 e. The molecule has 0 radical (unpaired) electrons. The molecule has 1 aliphatic rings. The standard InChI is InChI=1S/C14H20F3N3O/c1-2-5-18-12-7-10(14(15,16)17)8-13(19-12)20-6-3-4-11(20)9-21/h7-8,11,21H,2-6,9H2,1H3,(H,18,19). The Labute approximate surface area is 122 Å². The Morgan fingerprint density at radius 1 is 1.43 bits per heavy atom. The summed E-state index contributed by atoms with van der Waals surface area (Å²) in [5, 5.41) is 12.2. The summed E-state index contributed by atoms with van der Waals surface area (Å²) >= 11 is 0. The molecule has 7 heteroatoms. The first-order valence-corrected chi connectivity index (χ1v) is 7.16. The minimum absolute atomic E-state index is 0.0738. The van der Waals surface area contributed by atoms with Gasteiger partial charge < -0.3 is 15.3 Å². The average molecular weight is 303 g/mol. The zero-order valence-electron chi connectivity index (χ0n) is 12.0. The number of aliphatic hydroxyl groups is 1. The van der Waals surface area contributed by atoms with Crippen molar-refractivity contribution in [3.05, 3.63) is 17.7 Å². The van der Waals surface area contributed by atoms with E-state index in [9.17, 15) is 18.3 Å². The van der Waals surface area contributed by atoms with E-state index in [2.05, 4.69) is 10.3 Å².